The zero-order valence-electron chi connectivity index (χ0n) is 17.8. The van der Waals surface area contributed by atoms with Crippen molar-refractivity contribution in [2.45, 2.75) is 37.7 Å². The average Bonchev–Trinajstić information content (AvgIpc) is 3.18. The Morgan fingerprint density at radius 2 is 2.03 bits per heavy atom. The molecule has 0 radical (unpaired) electrons. The summed E-state index contributed by atoms with van der Waals surface area (Å²) in [6.45, 7) is 7.96. The van der Waals surface area contributed by atoms with Crippen LogP contribution in [0.25, 0.3) is 0 Å². The van der Waals surface area contributed by atoms with Crippen LogP contribution in [0.3, 0.4) is 0 Å². The second-order valence-corrected chi connectivity index (χ2v) is 8.41. The monoisotopic (exact) mass is 474 g/mol. The minimum absolute atomic E-state index is 0.0974. The summed E-state index contributed by atoms with van der Waals surface area (Å²) in [5.74, 6) is 0.528. The summed E-state index contributed by atoms with van der Waals surface area (Å²) in [5.41, 5.74) is 1.04. The van der Waals surface area contributed by atoms with Gasteiger partial charge in [0.05, 0.1) is 16.8 Å². The Labute approximate surface area is 195 Å². The zero-order valence-corrected chi connectivity index (χ0v) is 19.4. The average molecular weight is 475 g/mol. The van der Waals surface area contributed by atoms with Crippen LogP contribution in [0.4, 0.5) is 4.39 Å². The molecule has 0 fully saturated rings. The van der Waals surface area contributed by atoms with Crippen LogP contribution >= 0.6 is 23.4 Å². The van der Waals surface area contributed by atoms with Crippen LogP contribution in [-0.2, 0) is 11.3 Å². The topological polar surface area (TPSA) is 69.0 Å². The van der Waals surface area contributed by atoms with E-state index in [1.807, 2.05) is 41.8 Å². The van der Waals surface area contributed by atoms with E-state index in [2.05, 4.69) is 22.1 Å². The molecule has 168 valence electrons. The molecule has 1 aromatic heterocycles. The molecule has 0 bridgehead atoms. The number of rotatable bonds is 10. The quantitative estimate of drug-likeness (QED) is 0.316. The van der Waals surface area contributed by atoms with E-state index < -0.39 is 11.9 Å². The van der Waals surface area contributed by atoms with E-state index in [-0.39, 0.29) is 22.7 Å². The van der Waals surface area contributed by atoms with Crippen LogP contribution < -0.4 is 10.1 Å². The molecular weight excluding hydrogens is 451 g/mol. The van der Waals surface area contributed by atoms with Gasteiger partial charge in [0.1, 0.15) is 11.6 Å². The second kappa shape index (κ2) is 11.2. The summed E-state index contributed by atoms with van der Waals surface area (Å²) in [5, 5.41) is 12.2. The molecule has 2 aromatic carbocycles. The van der Waals surface area contributed by atoms with Gasteiger partial charge >= 0.3 is 0 Å². The summed E-state index contributed by atoms with van der Waals surface area (Å²) in [7, 11) is 0. The lowest BCUT2D eigenvalue weighted by Crippen LogP contribution is -2.28. The number of carbonyl (C=O) groups excluding carboxylic acids is 1. The molecule has 1 heterocycles. The van der Waals surface area contributed by atoms with E-state index in [4.69, 9.17) is 16.3 Å². The molecule has 3 aromatic rings. The fourth-order valence-corrected chi connectivity index (χ4v) is 4.04. The Morgan fingerprint density at radius 3 is 2.72 bits per heavy atom. The van der Waals surface area contributed by atoms with Gasteiger partial charge in [-0.15, -0.1) is 16.8 Å². The van der Waals surface area contributed by atoms with Gasteiger partial charge in [-0.25, -0.2) is 4.39 Å². The second-order valence-electron chi connectivity index (χ2n) is 7.06. The molecule has 1 amide bonds. The number of nitrogens with one attached hydrogen (secondary N) is 1. The molecule has 0 spiro atoms. The van der Waals surface area contributed by atoms with Crippen LogP contribution in [0.2, 0.25) is 5.02 Å². The molecule has 32 heavy (non-hydrogen) atoms. The Hall–Kier alpha value is -2.84. The number of ether oxygens (including phenoxy) is 1. The summed E-state index contributed by atoms with van der Waals surface area (Å²) in [4.78, 5) is 12.4. The van der Waals surface area contributed by atoms with Crippen LogP contribution in [0.1, 0.15) is 37.4 Å². The lowest BCUT2D eigenvalue weighted by atomic mass is 10.1. The van der Waals surface area contributed by atoms with Crippen molar-refractivity contribution in [3.8, 4) is 5.75 Å². The van der Waals surface area contributed by atoms with Gasteiger partial charge in [0, 0.05) is 6.54 Å². The normalized spacial score (nSPS) is 12.8. The van der Waals surface area contributed by atoms with Gasteiger partial charge in [0.25, 0.3) is 0 Å². The number of amides is 1. The molecule has 6 nitrogen and oxygen atoms in total. The number of carbonyl (C=O) groups is 1. The van der Waals surface area contributed by atoms with Crippen LogP contribution in [-0.4, -0.2) is 26.4 Å². The smallest absolute Gasteiger partial charge is 0.230 e. The van der Waals surface area contributed by atoms with Gasteiger partial charge in [0.15, 0.2) is 17.1 Å². The van der Waals surface area contributed by atoms with E-state index in [1.54, 1.807) is 13.0 Å². The highest BCUT2D eigenvalue weighted by molar-refractivity contribution is 7.99. The minimum Gasteiger partial charge on any atom is -0.481 e. The van der Waals surface area contributed by atoms with E-state index >= 15 is 0 Å². The third-order valence-electron chi connectivity index (χ3n) is 4.63. The number of hydrogen-bond donors (Lipinski definition) is 1. The van der Waals surface area contributed by atoms with Gasteiger partial charge in [-0.3, -0.25) is 9.36 Å². The van der Waals surface area contributed by atoms with Crippen molar-refractivity contribution in [3.63, 3.8) is 0 Å². The first-order valence-electron chi connectivity index (χ1n) is 10.0. The van der Waals surface area contributed by atoms with Crippen molar-refractivity contribution in [2.24, 2.45) is 0 Å². The highest BCUT2D eigenvalue weighted by atomic mass is 35.5. The van der Waals surface area contributed by atoms with Crippen molar-refractivity contribution in [1.29, 1.82) is 0 Å². The van der Waals surface area contributed by atoms with Crippen molar-refractivity contribution in [2.75, 3.05) is 5.75 Å². The highest BCUT2D eigenvalue weighted by Gasteiger charge is 2.21. The Balaban J connectivity index is 1.66. The molecular formula is C23H24ClFN4O2S. The molecule has 0 saturated heterocycles. The van der Waals surface area contributed by atoms with Crippen LogP contribution in [0.15, 0.2) is 66.3 Å². The number of hydrogen-bond acceptors (Lipinski definition) is 5. The van der Waals surface area contributed by atoms with E-state index in [0.717, 1.165) is 5.56 Å². The van der Waals surface area contributed by atoms with E-state index in [9.17, 15) is 9.18 Å². The number of allylic oxidation sites excluding steroid dienone is 1. The lowest BCUT2D eigenvalue weighted by Gasteiger charge is -2.17. The first-order chi connectivity index (χ1) is 15.4. The van der Waals surface area contributed by atoms with Crippen molar-refractivity contribution in [3.05, 3.63) is 83.4 Å². The molecule has 0 aliphatic rings. The third-order valence-corrected chi connectivity index (χ3v) is 5.89. The Bertz CT molecular complexity index is 1080. The van der Waals surface area contributed by atoms with Crippen LogP contribution in [0, 0.1) is 5.82 Å². The summed E-state index contributed by atoms with van der Waals surface area (Å²) < 4.78 is 21.0. The zero-order chi connectivity index (χ0) is 23.1. The maximum atomic E-state index is 13.3. The predicted molar refractivity (Wildman–Crippen MR) is 124 cm³/mol. The first-order valence-corrected chi connectivity index (χ1v) is 11.4. The van der Waals surface area contributed by atoms with Crippen molar-refractivity contribution < 1.29 is 13.9 Å². The van der Waals surface area contributed by atoms with Gasteiger partial charge < -0.3 is 10.1 Å². The van der Waals surface area contributed by atoms with Gasteiger partial charge in [-0.2, -0.15) is 0 Å². The number of thioether (sulfide) groups is 1. The number of nitrogens with zero attached hydrogens (tertiary/aromatic N) is 3. The Morgan fingerprint density at radius 1 is 1.28 bits per heavy atom. The summed E-state index contributed by atoms with van der Waals surface area (Å²) >= 11 is 7.35. The predicted octanol–water partition coefficient (Wildman–Crippen LogP) is 5.37. The van der Waals surface area contributed by atoms with Crippen molar-refractivity contribution in [1.82, 2.24) is 20.1 Å². The highest BCUT2D eigenvalue weighted by Crippen LogP contribution is 2.30. The summed E-state index contributed by atoms with van der Waals surface area (Å²) in [6.07, 6.45) is 1.21. The lowest BCUT2D eigenvalue weighted by molar-refractivity contribution is -0.119. The molecule has 2 atom stereocenters. The van der Waals surface area contributed by atoms with Gasteiger partial charge in [-0.05, 0) is 37.6 Å². The minimum atomic E-state index is -0.508. The van der Waals surface area contributed by atoms with E-state index in [0.29, 0.717) is 23.3 Å². The third kappa shape index (κ3) is 6.11. The molecule has 3 rings (SSSR count). The van der Waals surface area contributed by atoms with Crippen molar-refractivity contribution >= 4 is 29.3 Å². The maximum Gasteiger partial charge on any atom is 0.230 e. The fraction of sp³-hybridized carbons (Fsp3) is 0.261. The van der Waals surface area contributed by atoms with Gasteiger partial charge in [-0.1, -0.05) is 59.8 Å². The Kier molecular flexibility index (Phi) is 8.30. The molecule has 2 unspecified atom stereocenters. The maximum absolute atomic E-state index is 13.3. The summed E-state index contributed by atoms with van der Waals surface area (Å²) in [6, 6.07) is 13.6. The van der Waals surface area contributed by atoms with Gasteiger partial charge in [0.2, 0.25) is 5.91 Å². The van der Waals surface area contributed by atoms with Crippen LogP contribution in [0.5, 0.6) is 5.75 Å². The SMILES string of the molecule is C=CCn1c(SCC(=O)NC(C)c2ccccc2)nnc1C(C)Oc1ccc(F)cc1Cl. The standard InChI is InChI=1S/C23H24ClFN4O2S/c1-4-12-29-22(16(3)31-20-11-10-18(25)13-19(20)24)27-28-23(29)32-14-21(30)26-15(2)17-8-6-5-7-9-17/h4-11,13,15-16H,1,12,14H2,2-3H3,(H,26,30). The molecule has 0 aliphatic heterocycles. The number of aromatic nitrogens is 3. The number of halogens is 2. The fourth-order valence-electron chi connectivity index (χ4n) is 3.06. The largest absolute Gasteiger partial charge is 0.481 e. The number of benzene rings is 2. The molecule has 0 saturated carbocycles. The molecule has 0 aliphatic carbocycles. The molecule has 1 N–H and O–H groups in total. The van der Waals surface area contributed by atoms with E-state index in [1.165, 1.54) is 30.0 Å². The first kappa shape index (κ1) is 23.8. The molecule has 9 heteroatoms.